The number of phenolic OH excluding ortho intramolecular Hbond substituents is 1. The lowest BCUT2D eigenvalue weighted by atomic mass is 10.1. The normalized spacial score (nSPS) is 9.06. The molecule has 0 saturated carbocycles. The molecule has 88 valence electrons. The molecule has 2 aromatic rings. The van der Waals surface area contributed by atoms with Crippen molar-refractivity contribution in [2.45, 2.75) is 13.8 Å². The van der Waals surface area contributed by atoms with Gasteiger partial charge >= 0.3 is 0 Å². The molecule has 0 heterocycles. The summed E-state index contributed by atoms with van der Waals surface area (Å²) in [5.74, 6) is 0.322. The Bertz CT molecular complexity index is 476. The first kappa shape index (κ1) is 13.0. The second kappa shape index (κ2) is 6.48. The van der Waals surface area contributed by atoms with Gasteiger partial charge in [0.25, 0.3) is 0 Å². The van der Waals surface area contributed by atoms with Crippen molar-refractivity contribution in [2.24, 2.45) is 0 Å². The number of para-hydroxylation sites is 1. The summed E-state index contributed by atoms with van der Waals surface area (Å²) in [7, 11) is 0. The zero-order valence-electron chi connectivity index (χ0n) is 10.1. The van der Waals surface area contributed by atoms with E-state index < -0.39 is 0 Å². The van der Waals surface area contributed by atoms with Gasteiger partial charge in [0.1, 0.15) is 12.0 Å². The Hall–Kier alpha value is -2.09. The lowest BCUT2D eigenvalue weighted by Gasteiger charge is -1.99. The van der Waals surface area contributed by atoms with E-state index in [9.17, 15) is 4.79 Å². The van der Waals surface area contributed by atoms with Crippen LogP contribution in [0.25, 0.3) is 0 Å². The minimum atomic E-state index is 0.322. The van der Waals surface area contributed by atoms with Crippen LogP contribution in [0.15, 0.2) is 48.5 Å². The van der Waals surface area contributed by atoms with Crippen molar-refractivity contribution in [2.75, 3.05) is 0 Å². The molecule has 0 bridgehead atoms. The molecule has 0 amide bonds. The Kier molecular flexibility index (Phi) is 4.95. The molecule has 2 rings (SSSR count). The van der Waals surface area contributed by atoms with Crippen molar-refractivity contribution in [1.82, 2.24) is 0 Å². The second-order valence-corrected chi connectivity index (χ2v) is 3.74. The molecule has 1 N–H and O–H groups in total. The summed E-state index contributed by atoms with van der Waals surface area (Å²) >= 11 is 0. The fourth-order valence-corrected chi connectivity index (χ4v) is 1.33. The molecule has 0 radical (unpaired) electrons. The molecule has 0 spiro atoms. The summed E-state index contributed by atoms with van der Waals surface area (Å²) in [6.07, 6.45) is 0.891. The van der Waals surface area contributed by atoms with Gasteiger partial charge in [-0.15, -0.1) is 0 Å². The Labute approximate surface area is 102 Å². The quantitative estimate of drug-likeness (QED) is 0.758. The summed E-state index contributed by atoms with van der Waals surface area (Å²) in [5, 5.41) is 8.63. The summed E-state index contributed by atoms with van der Waals surface area (Å²) in [6.45, 7) is 3.96. The van der Waals surface area contributed by atoms with E-state index in [1.54, 1.807) is 24.3 Å². The van der Waals surface area contributed by atoms with Crippen LogP contribution in [0.2, 0.25) is 0 Å². The van der Waals surface area contributed by atoms with Gasteiger partial charge in [-0.1, -0.05) is 36.4 Å². The van der Waals surface area contributed by atoms with Gasteiger partial charge in [0.15, 0.2) is 0 Å². The van der Waals surface area contributed by atoms with Gasteiger partial charge in [0, 0.05) is 5.56 Å². The minimum absolute atomic E-state index is 0.322. The Morgan fingerprint density at radius 3 is 2.00 bits per heavy atom. The molecule has 0 aliphatic rings. The predicted octanol–water partition coefficient (Wildman–Crippen LogP) is 3.51. The zero-order valence-corrected chi connectivity index (χ0v) is 10.1. The highest BCUT2D eigenvalue weighted by molar-refractivity contribution is 5.77. The number of rotatable bonds is 1. The first-order chi connectivity index (χ1) is 8.15. The van der Waals surface area contributed by atoms with Crippen LogP contribution >= 0.6 is 0 Å². The summed E-state index contributed by atoms with van der Waals surface area (Å²) in [5.41, 5.74) is 3.04. The number of aryl methyl sites for hydroxylation is 1. The monoisotopic (exact) mass is 228 g/mol. The number of carbonyl (C=O) groups is 1. The van der Waals surface area contributed by atoms with E-state index in [4.69, 9.17) is 5.11 Å². The van der Waals surface area contributed by atoms with E-state index in [2.05, 4.69) is 0 Å². The molecule has 0 fully saturated rings. The van der Waals surface area contributed by atoms with E-state index in [1.807, 2.05) is 38.1 Å². The number of carbonyl (C=O) groups excluding carboxylic acids is 1. The van der Waals surface area contributed by atoms with Crippen LogP contribution in [0.4, 0.5) is 0 Å². The molecule has 2 heteroatoms. The van der Waals surface area contributed by atoms with E-state index in [-0.39, 0.29) is 0 Å². The van der Waals surface area contributed by atoms with Crippen LogP contribution < -0.4 is 0 Å². The van der Waals surface area contributed by atoms with Gasteiger partial charge < -0.3 is 5.11 Å². The van der Waals surface area contributed by atoms with Gasteiger partial charge in [0.2, 0.25) is 0 Å². The molecule has 0 saturated heterocycles. The highest BCUT2D eigenvalue weighted by Crippen LogP contribution is 2.09. The van der Waals surface area contributed by atoms with Gasteiger partial charge in [-0.2, -0.15) is 0 Å². The molecule has 0 aromatic heterocycles. The number of benzene rings is 2. The molecule has 0 atom stereocenters. The maximum atomic E-state index is 10.4. The number of aldehydes is 1. The van der Waals surface area contributed by atoms with Crippen LogP contribution in [-0.2, 0) is 0 Å². The van der Waals surface area contributed by atoms with Crippen molar-refractivity contribution in [3.05, 3.63) is 65.2 Å². The average Bonchev–Trinajstić information content (AvgIpc) is 2.34. The Balaban J connectivity index is 0.000000181. The van der Waals surface area contributed by atoms with E-state index in [0.29, 0.717) is 5.75 Å². The van der Waals surface area contributed by atoms with Gasteiger partial charge in [-0.3, -0.25) is 4.79 Å². The van der Waals surface area contributed by atoms with Crippen LogP contribution in [0.5, 0.6) is 5.75 Å². The van der Waals surface area contributed by atoms with Crippen molar-refractivity contribution in [3.63, 3.8) is 0 Å². The maximum Gasteiger partial charge on any atom is 0.150 e. The third-order valence-electron chi connectivity index (χ3n) is 2.53. The molecular formula is C15H16O2. The molecule has 2 aromatic carbocycles. The van der Waals surface area contributed by atoms with Crippen LogP contribution in [0.1, 0.15) is 21.5 Å². The summed E-state index contributed by atoms with van der Waals surface area (Å²) in [4.78, 5) is 10.4. The molecule has 0 aliphatic heterocycles. The van der Waals surface area contributed by atoms with Crippen LogP contribution in [0.3, 0.4) is 0 Å². The highest BCUT2D eigenvalue weighted by atomic mass is 16.3. The minimum Gasteiger partial charge on any atom is -0.508 e. The van der Waals surface area contributed by atoms with Gasteiger partial charge in [-0.25, -0.2) is 0 Å². The average molecular weight is 228 g/mol. The lowest BCUT2D eigenvalue weighted by molar-refractivity contribution is 0.112. The van der Waals surface area contributed by atoms with Crippen LogP contribution in [0, 0.1) is 13.8 Å². The molecule has 17 heavy (non-hydrogen) atoms. The fraction of sp³-hybridized carbons (Fsp3) is 0.133. The number of hydrogen-bond donors (Lipinski definition) is 1. The Morgan fingerprint density at radius 2 is 1.59 bits per heavy atom. The number of phenols is 1. The lowest BCUT2D eigenvalue weighted by Crippen LogP contribution is -1.87. The second-order valence-electron chi connectivity index (χ2n) is 3.74. The molecular weight excluding hydrogens is 212 g/mol. The molecule has 2 nitrogen and oxygen atoms in total. The summed E-state index contributed by atoms with van der Waals surface area (Å²) in [6, 6.07) is 14.4. The molecule has 0 aliphatic carbocycles. The van der Waals surface area contributed by atoms with Crippen molar-refractivity contribution in [3.8, 4) is 5.75 Å². The largest absolute Gasteiger partial charge is 0.508 e. The SMILES string of the molecule is Cc1cccc(C=O)c1C.Oc1ccccc1. The Morgan fingerprint density at radius 1 is 0.941 bits per heavy atom. The zero-order chi connectivity index (χ0) is 12.7. The van der Waals surface area contributed by atoms with Gasteiger partial charge in [-0.05, 0) is 37.1 Å². The number of hydrogen-bond acceptors (Lipinski definition) is 2. The van der Waals surface area contributed by atoms with E-state index in [0.717, 1.165) is 17.4 Å². The molecule has 0 unspecified atom stereocenters. The van der Waals surface area contributed by atoms with E-state index in [1.165, 1.54) is 5.56 Å². The third kappa shape index (κ3) is 4.11. The summed E-state index contributed by atoms with van der Waals surface area (Å²) < 4.78 is 0. The third-order valence-corrected chi connectivity index (χ3v) is 2.53. The fourth-order valence-electron chi connectivity index (χ4n) is 1.33. The maximum absolute atomic E-state index is 10.4. The van der Waals surface area contributed by atoms with Crippen molar-refractivity contribution in [1.29, 1.82) is 0 Å². The van der Waals surface area contributed by atoms with Crippen LogP contribution in [-0.4, -0.2) is 11.4 Å². The van der Waals surface area contributed by atoms with Crippen molar-refractivity contribution >= 4 is 6.29 Å². The number of aromatic hydroxyl groups is 1. The highest BCUT2D eigenvalue weighted by Gasteiger charge is 1.96. The smallest absolute Gasteiger partial charge is 0.150 e. The predicted molar refractivity (Wildman–Crippen MR) is 69.4 cm³/mol. The standard InChI is InChI=1S/C9H10O.C6H6O/c1-7-4-3-5-9(6-10)8(7)2;7-6-4-2-1-3-5-6/h3-6H,1-2H3;1-5,7H. The first-order valence-electron chi connectivity index (χ1n) is 5.40. The topological polar surface area (TPSA) is 37.3 Å². The van der Waals surface area contributed by atoms with E-state index >= 15 is 0 Å². The van der Waals surface area contributed by atoms with Crippen molar-refractivity contribution < 1.29 is 9.90 Å². The van der Waals surface area contributed by atoms with Gasteiger partial charge in [0.05, 0.1) is 0 Å². The first-order valence-corrected chi connectivity index (χ1v) is 5.40.